The second kappa shape index (κ2) is 8.86. The Morgan fingerprint density at radius 3 is 2.47 bits per heavy atom. The minimum atomic E-state index is 0.180. The first-order chi connectivity index (χ1) is 8.31. The first kappa shape index (κ1) is 14.9. The van der Waals surface area contributed by atoms with Gasteiger partial charge in [0, 0.05) is 25.7 Å². The highest BCUT2D eigenvalue weighted by molar-refractivity contribution is 4.85. The Bertz CT molecular complexity index is 184. The summed E-state index contributed by atoms with van der Waals surface area (Å²) in [5, 5.41) is 21.6. The van der Waals surface area contributed by atoms with Crippen LogP contribution in [-0.4, -0.2) is 60.5 Å². The molecule has 4 nitrogen and oxygen atoms in total. The third-order valence-electron chi connectivity index (χ3n) is 3.64. The van der Waals surface area contributed by atoms with Gasteiger partial charge < -0.3 is 15.5 Å². The fourth-order valence-electron chi connectivity index (χ4n) is 2.76. The van der Waals surface area contributed by atoms with Crippen molar-refractivity contribution >= 4 is 0 Å². The predicted molar refractivity (Wildman–Crippen MR) is 70.0 cm³/mol. The maximum atomic E-state index is 9.01. The van der Waals surface area contributed by atoms with Gasteiger partial charge >= 0.3 is 0 Å². The SMILES string of the molecule is CCCNC1CCCC1CN(CCO)CCO. The lowest BCUT2D eigenvalue weighted by Crippen LogP contribution is -2.41. The van der Waals surface area contributed by atoms with Crippen LogP contribution >= 0.6 is 0 Å². The molecule has 0 spiro atoms. The first-order valence-corrected chi connectivity index (χ1v) is 6.99. The minimum Gasteiger partial charge on any atom is -0.395 e. The van der Waals surface area contributed by atoms with Gasteiger partial charge in [-0.25, -0.2) is 0 Å². The molecule has 4 heteroatoms. The van der Waals surface area contributed by atoms with Gasteiger partial charge in [-0.1, -0.05) is 13.3 Å². The fraction of sp³-hybridized carbons (Fsp3) is 1.00. The van der Waals surface area contributed by atoms with E-state index in [9.17, 15) is 0 Å². The largest absolute Gasteiger partial charge is 0.395 e. The van der Waals surface area contributed by atoms with Crippen LogP contribution in [0.3, 0.4) is 0 Å². The molecule has 0 bridgehead atoms. The van der Waals surface area contributed by atoms with E-state index in [1.54, 1.807) is 0 Å². The smallest absolute Gasteiger partial charge is 0.0558 e. The molecule has 1 aliphatic rings. The Morgan fingerprint density at radius 1 is 1.18 bits per heavy atom. The molecular formula is C13H28N2O2. The summed E-state index contributed by atoms with van der Waals surface area (Å²) >= 11 is 0. The summed E-state index contributed by atoms with van der Waals surface area (Å²) in [6, 6.07) is 0.634. The molecule has 3 N–H and O–H groups in total. The molecule has 17 heavy (non-hydrogen) atoms. The molecule has 0 saturated heterocycles. The molecule has 0 amide bonds. The van der Waals surface area contributed by atoms with Gasteiger partial charge in [0.2, 0.25) is 0 Å². The highest BCUT2D eigenvalue weighted by Gasteiger charge is 2.27. The van der Waals surface area contributed by atoms with Gasteiger partial charge in [-0.05, 0) is 31.7 Å². The number of nitrogens with one attached hydrogen (secondary N) is 1. The monoisotopic (exact) mass is 244 g/mol. The molecule has 0 aromatic rings. The van der Waals surface area contributed by atoms with Crippen molar-refractivity contribution in [3.05, 3.63) is 0 Å². The standard InChI is InChI=1S/C13H28N2O2/c1-2-6-14-13-5-3-4-12(13)11-15(7-9-16)8-10-17/h12-14,16-17H,2-11H2,1H3. The molecular weight excluding hydrogens is 216 g/mol. The second-order valence-electron chi connectivity index (χ2n) is 5.00. The Labute approximate surface area is 105 Å². The molecule has 1 rings (SSSR count). The van der Waals surface area contributed by atoms with E-state index < -0.39 is 0 Å². The normalized spacial score (nSPS) is 24.7. The van der Waals surface area contributed by atoms with Crippen molar-refractivity contribution < 1.29 is 10.2 Å². The Balaban J connectivity index is 2.35. The van der Waals surface area contributed by atoms with Crippen LogP contribution in [0.15, 0.2) is 0 Å². The molecule has 102 valence electrons. The summed E-state index contributed by atoms with van der Waals surface area (Å²) in [5.41, 5.74) is 0. The van der Waals surface area contributed by atoms with Gasteiger partial charge in [0.1, 0.15) is 0 Å². The molecule has 0 aromatic carbocycles. The van der Waals surface area contributed by atoms with Crippen molar-refractivity contribution in [2.24, 2.45) is 5.92 Å². The molecule has 0 aromatic heterocycles. The summed E-state index contributed by atoms with van der Waals surface area (Å²) < 4.78 is 0. The Kier molecular flexibility index (Phi) is 7.77. The van der Waals surface area contributed by atoms with Crippen LogP contribution in [0.1, 0.15) is 32.6 Å². The first-order valence-electron chi connectivity index (χ1n) is 6.99. The average molecular weight is 244 g/mol. The highest BCUT2D eigenvalue weighted by atomic mass is 16.3. The number of hydrogen-bond acceptors (Lipinski definition) is 4. The van der Waals surface area contributed by atoms with Crippen molar-refractivity contribution in [1.82, 2.24) is 10.2 Å². The summed E-state index contributed by atoms with van der Waals surface area (Å²) in [6.45, 7) is 6.01. The van der Waals surface area contributed by atoms with E-state index in [0.717, 1.165) is 13.1 Å². The van der Waals surface area contributed by atoms with Crippen molar-refractivity contribution in [1.29, 1.82) is 0 Å². The Hall–Kier alpha value is -0.160. The van der Waals surface area contributed by atoms with Gasteiger partial charge in [0.25, 0.3) is 0 Å². The van der Waals surface area contributed by atoms with E-state index in [1.807, 2.05) is 0 Å². The van der Waals surface area contributed by atoms with E-state index in [1.165, 1.54) is 25.7 Å². The Morgan fingerprint density at radius 2 is 1.88 bits per heavy atom. The number of rotatable bonds is 9. The molecule has 2 atom stereocenters. The average Bonchev–Trinajstić information content (AvgIpc) is 2.74. The van der Waals surface area contributed by atoms with E-state index in [-0.39, 0.29) is 13.2 Å². The molecule has 0 heterocycles. The molecule has 0 radical (unpaired) electrons. The minimum absolute atomic E-state index is 0.180. The maximum Gasteiger partial charge on any atom is 0.0558 e. The lowest BCUT2D eigenvalue weighted by molar-refractivity contribution is 0.139. The zero-order chi connectivity index (χ0) is 12.5. The predicted octanol–water partition coefficient (Wildman–Crippen LogP) is 0.441. The van der Waals surface area contributed by atoms with Crippen molar-refractivity contribution in [2.75, 3.05) is 39.4 Å². The maximum absolute atomic E-state index is 9.01. The zero-order valence-electron chi connectivity index (χ0n) is 11.1. The summed E-state index contributed by atoms with van der Waals surface area (Å²) in [5.74, 6) is 0.680. The lowest BCUT2D eigenvalue weighted by Gasteiger charge is -2.28. The van der Waals surface area contributed by atoms with Gasteiger partial charge in [-0.2, -0.15) is 0 Å². The number of aliphatic hydroxyl groups is 2. The van der Waals surface area contributed by atoms with Crippen molar-refractivity contribution in [3.63, 3.8) is 0 Å². The van der Waals surface area contributed by atoms with E-state index >= 15 is 0 Å². The molecule has 1 aliphatic carbocycles. The lowest BCUT2D eigenvalue weighted by atomic mass is 10.0. The van der Waals surface area contributed by atoms with E-state index in [4.69, 9.17) is 10.2 Å². The summed E-state index contributed by atoms with van der Waals surface area (Å²) in [4.78, 5) is 2.18. The second-order valence-corrected chi connectivity index (χ2v) is 5.00. The quantitative estimate of drug-likeness (QED) is 0.551. The third-order valence-corrected chi connectivity index (χ3v) is 3.64. The van der Waals surface area contributed by atoms with Crippen LogP contribution in [0.25, 0.3) is 0 Å². The highest BCUT2D eigenvalue weighted by Crippen LogP contribution is 2.26. The number of hydrogen-bond donors (Lipinski definition) is 3. The van der Waals surface area contributed by atoms with Gasteiger partial charge in [0.15, 0.2) is 0 Å². The number of nitrogens with zero attached hydrogens (tertiary/aromatic N) is 1. The van der Waals surface area contributed by atoms with Gasteiger partial charge in [-0.15, -0.1) is 0 Å². The molecule has 1 fully saturated rings. The van der Waals surface area contributed by atoms with Crippen LogP contribution in [0, 0.1) is 5.92 Å². The summed E-state index contributed by atoms with van der Waals surface area (Å²) in [6.07, 6.45) is 5.03. The topological polar surface area (TPSA) is 55.7 Å². The van der Waals surface area contributed by atoms with Gasteiger partial charge in [-0.3, -0.25) is 4.90 Å². The van der Waals surface area contributed by atoms with Crippen molar-refractivity contribution in [2.45, 2.75) is 38.6 Å². The van der Waals surface area contributed by atoms with Crippen molar-refractivity contribution in [3.8, 4) is 0 Å². The third kappa shape index (κ3) is 5.34. The van der Waals surface area contributed by atoms with E-state index in [2.05, 4.69) is 17.1 Å². The summed E-state index contributed by atoms with van der Waals surface area (Å²) in [7, 11) is 0. The van der Waals surface area contributed by atoms with Crippen LogP contribution in [0.4, 0.5) is 0 Å². The molecule has 0 aliphatic heterocycles. The number of aliphatic hydroxyl groups excluding tert-OH is 2. The molecule has 2 unspecified atom stereocenters. The van der Waals surface area contributed by atoms with Crippen LogP contribution in [0.5, 0.6) is 0 Å². The van der Waals surface area contributed by atoms with Crippen LogP contribution < -0.4 is 5.32 Å². The van der Waals surface area contributed by atoms with Gasteiger partial charge in [0.05, 0.1) is 13.2 Å². The fourth-order valence-corrected chi connectivity index (χ4v) is 2.76. The molecule has 1 saturated carbocycles. The van der Waals surface area contributed by atoms with Crippen LogP contribution in [0.2, 0.25) is 0 Å². The zero-order valence-corrected chi connectivity index (χ0v) is 11.1. The van der Waals surface area contributed by atoms with Crippen LogP contribution in [-0.2, 0) is 0 Å². The van der Waals surface area contributed by atoms with E-state index in [0.29, 0.717) is 25.0 Å².